The van der Waals surface area contributed by atoms with Gasteiger partial charge in [0.05, 0.1) is 12.7 Å². The summed E-state index contributed by atoms with van der Waals surface area (Å²) in [7, 11) is -2.15. The molecule has 0 aromatic carbocycles. The molecule has 5 nitrogen and oxygen atoms in total. The van der Waals surface area contributed by atoms with Crippen LogP contribution in [-0.4, -0.2) is 56.3 Å². The van der Waals surface area contributed by atoms with Crippen LogP contribution in [0.4, 0.5) is 0 Å². The van der Waals surface area contributed by atoms with Crippen LogP contribution in [0.15, 0.2) is 0 Å². The zero-order chi connectivity index (χ0) is 19.9. The normalized spacial score (nSPS) is 38.4. The molecule has 28 heavy (non-hydrogen) atoms. The lowest BCUT2D eigenvalue weighted by molar-refractivity contribution is -0.139. The minimum atomic E-state index is -2.15. The molecule has 4 aliphatic rings. The second-order valence-electron chi connectivity index (χ2n) is 10.8. The number of ether oxygens (including phenoxy) is 1. The van der Waals surface area contributed by atoms with Crippen LogP contribution in [-0.2, 0) is 9.53 Å². The third-order valence-corrected chi connectivity index (χ3v) is 11.2. The third kappa shape index (κ3) is 3.94. The molecule has 1 spiro atoms. The largest absolute Gasteiger partial charge is 0.432 e. The predicted molar refractivity (Wildman–Crippen MR) is 113 cm³/mol. The van der Waals surface area contributed by atoms with E-state index >= 15 is 0 Å². The molecule has 5 atom stereocenters. The van der Waals surface area contributed by atoms with E-state index in [-0.39, 0.29) is 11.3 Å². The summed E-state index contributed by atoms with van der Waals surface area (Å²) in [6, 6.07) is 0. The maximum Gasteiger partial charge on any atom is 0.225 e. The van der Waals surface area contributed by atoms with Gasteiger partial charge in [0.25, 0.3) is 0 Å². The first-order valence-corrected chi connectivity index (χ1v) is 14.7. The molecule has 5 unspecified atom stereocenters. The fourth-order valence-corrected chi connectivity index (χ4v) is 8.44. The van der Waals surface area contributed by atoms with Crippen molar-refractivity contribution in [2.75, 3.05) is 26.2 Å². The van der Waals surface area contributed by atoms with Gasteiger partial charge < -0.3 is 20.2 Å². The molecular weight excluding hydrogens is 368 g/mol. The quantitative estimate of drug-likeness (QED) is 0.704. The highest BCUT2D eigenvalue weighted by Crippen LogP contribution is 2.53. The van der Waals surface area contributed by atoms with Gasteiger partial charge in [-0.05, 0) is 82.0 Å². The van der Waals surface area contributed by atoms with Crippen LogP contribution >= 0.6 is 0 Å². The Kier molecular flexibility index (Phi) is 5.96. The van der Waals surface area contributed by atoms with Gasteiger partial charge in [-0.15, -0.1) is 0 Å². The first-order chi connectivity index (χ1) is 13.3. The predicted octanol–water partition coefficient (Wildman–Crippen LogP) is 3.13. The Bertz CT molecular complexity index is 571. The number of likely N-dealkylation sites (tertiary alicyclic amines) is 1. The molecule has 160 valence electrons. The molecule has 0 bridgehead atoms. The fraction of sp³-hybridized carbons (Fsp3) is 0.955. The van der Waals surface area contributed by atoms with Crippen molar-refractivity contribution in [1.29, 1.82) is 0 Å². The van der Waals surface area contributed by atoms with E-state index in [1.807, 2.05) is 13.1 Å². The van der Waals surface area contributed by atoms with Crippen LogP contribution in [0.5, 0.6) is 0 Å². The van der Waals surface area contributed by atoms with Crippen molar-refractivity contribution in [2.24, 2.45) is 28.9 Å². The van der Waals surface area contributed by atoms with Gasteiger partial charge in [-0.1, -0.05) is 12.8 Å². The van der Waals surface area contributed by atoms with Crippen molar-refractivity contribution in [3.8, 4) is 0 Å². The highest BCUT2D eigenvalue weighted by molar-refractivity contribution is 6.71. The Hall–Kier alpha value is -0.433. The third-order valence-electron chi connectivity index (χ3n) is 8.69. The first-order valence-electron chi connectivity index (χ1n) is 11.7. The topological polar surface area (TPSA) is 75.8 Å². The summed E-state index contributed by atoms with van der Waals surface area (Å²) in [6.07, 6.45) is 10.3. The van der Waals surface area contributed by atoms with E-state index in [0.29, 0.717) is 29.4 Å². The van der Waals surface area contributed by atoms with Gasteiger partial charge in [0, 0.05) is 24.4 Å². The molecule has 2 heterocycles. The summed E-state index contributed by atoms with van der Waals surface area (Å²) in [5, 5.41) is 0. The van der Waals surface area contributed by atoms with E-state index in [4.69, 9.17) is 10.5 Å². The van der Waals surface area contributed by atoms with E-state index in [2.05, 4.69) is 4.90 Å². The molecule has 3 N–H and O–H groups in total. The molecule has 4 rings (SSSR count). The number of nitrogens with zero attached hydrogens (tertiary/aromatic N) is 1. The molecule has 2 saturated carbocycles. The Labute approximate surface area is 171 Å². The summed E-state index contributed by atoms with van der Waals surface area (Å²) in [4.78, 5) is 25.9. The number of amides is 1. The van der Waals surface area contributed by atoms with E-state index in [9.17, 15) is 9.59 Å². The molecule has 4 fully saturated rings. The maximum atomic E-state index is 13.2. The average Bonchev–Trinajstić information content (AvgIpc) is 3.05. The first kappa shape index (κ1) is 20.8. The van der Waals surface area contributed by atoms with E-state index < -0.39 is 8.32 Å². The number of hydrogen-bond donors (Lipinski definition) is 2. The Morgan fingerprint density at radius 3 is 2.61 bits per heavy atom. The molecule has 1 amide bonds. The number of piperidine rings is 1. The van der Waals surface area contributed by atoms with Crippen molar-refractivity contribution < 1.29 is 14.3 Å². The number of carbonyl (C=O) groups is 1. The fourth-order valence-electron chi connectivity index (χ4n) is 6.67. The van der Waals surface area contributed by atoms with Crippen LogP contribution in [0.3, 0.4) is 0 Å². The van der Waals surface area contributed by atoms with Crippen LogP contribution in [0.25, 0.3) is 0 Å². The summed E-state index contributed by atoms with van der Waals surface area (Å²) in [5.74, 6) is 1.80. The summed E-state index contributed by atoms with van der Waals surface area (Å²) in [5.41, 5.74) is 6.64. The molecule has 0 aromatic heterocycles. The van der Waals surface area contributed by atoms with Gasteiger partial charge in [0.2, 0.25) is 5.91 Å². The zero-order valence-electron chi connectivity index (χ0n) is 17.9. The Balaban J connectivity index is 1.35. The monoisotopic (exact) mass is 408 g/mol. The summed E-state index contributed by atoms with van der Waals surface area (Å²) < 4.78 is 6.24. The van der Waals surface area contributed by atoms with Gasteiger partial charge in [-0.3, -0.25) is 4.79 Å². The minimum absolute atomic E-state index is 0.135. The van der Waals surface area contributed by atoms with E-state index in [1.165, 1.54) is 19.3 Å². The van der Waals surface area contributed by atoms with Gasteiger partial charge in [0.1, 0.15) is 0 Å². The highest BCUT2D eigenvalue weighted by atomic mass is 28.4. The molecule has 2 saturated heterocycles. The molecule has 6 heteroatoms. The van der Waals surface area contributed by atoms with Gasteiger partial charge in [0.15, 0.2) is 8.32 Å². The van der Waals surface area contributed by atoms with Crippen molar-refractivity contribution >= 4 is 14.2 Å². The van der Waals surface area contributed by atoms with Crippen molar-refractivity contribution in [3.05, 3.63) is 0 Å². The number of hydrogen-bond acceptors (Lipinski definition) is 4. The van der Waals surface area contributed by atoms with Crippen LogP contribution in [0, 0.1) is 23.2 Å². The number of fused-ring (bicyclic) bond motifs is 2. The maximum absolute atomic E-state index is 13.2. The van der Waals surface area contributed by atoms with E-state index in [0.717, 1.165) is 64.8 Å². The molecule has 2 aliphatic carbocycles. The molecule has 2 aliphatic heterocycles. The number of nitrogens with two attached hydrogens (primary N) is 1. The lowest BCUT2D eigenvalue weighted by Crippen LogP contribution is -2.50. The van der Waals surface area contributed by atoms with Crippen LogP contribution < -0.4 is 5.73 Å². The lowest BCUT2D eigenvalue weighted by atomic mass is 9.63. The Morgan fingerprint density at radius 2 is 1.93 bits per heavy atom. The standard InChI is InChI=1S/C22H40N2O3Si/c1-28(2,26)18-5-3-4-17(13-18)21(25)24-10-8-22(9-11-24)15-27-20-7-6-16(14-23)12-19(20)22/h16-20,26H,3-15,23H2,1-2H3. The van der Waals surface area contributed by atoms with Crippen molar-refractivity contribution in [1.82, 2.24) is 4.90 Å². The Morgan fingerprint density at radius 1 is 1.18 bits per heavy atom. The van der Waals surface area contributed by atoms with Gasteiger partial charge in [-0.2, -0.15) is 0 Å². The number of rotatable bonds is 3. The number of carbonyl (C=O) groups excluding carboxylic acids is 1. The summed E-state index contributed by atoms with van der Waals surface area (Å²) >= 11 is 0. The van der Waals surface area contributed by atoms with Crippen LogP contribution in [0.1, 0.15) is 57.8 Å². The zero-order valence-corrected chi connectivity index (χ0v) is 18.9. The lowest BCUT2D eigenvalue weighted by Gasteiger charge is -2.46. The molecule has 0 aromatic rings. The second-order valence-corrected chi connectivity index (χ2v) is 14.9. The van der Waals surface area contributed by atoms with Crippen LogP contribution in [0.2, 0.25) is 18.6 Å². The van der Waals surface area contributed by atoms with Crippen molar-refractivity contribution in [2.45, 2.75) is 82.5 Å². The highest BCUT2D eigenvalue weighted by Gasteiger charge is 2.53. The van der Waals surface area contributed by atoms with Crippen molar-refractivity contribution in [3.63, 3.8) is 0 Å². The second kappa shape index (κ2) is 8.01. The van der Waals surface area contributed by atoms with Gasteiger partial charge in [-0.25, -0.2) is 0 Å². The molecule has 0 radical (unpaired) electrons. The average molecular weight is 409 g/mol. The molecular formula is C22H40N2O3Si. The van der Waals surface area contributed by atoms with E-state index in [1.54, 1.807) is 0 Å². The smallest absolute Gasteiger partial charge is 0.225 e. The minimum Gasteiger partial charge on any atom is -0.432 e. The SMILES string of the molecule is C[Si](C)(O)C1CCCC(C(=O)N2CCC3(CC2)COC2CCC(CN)CC23)C1. The summed E-state index contributed by atoms with van der Waals surface area (Å²) in [6.45, 7) is 7.53. The van der Waals surface area contributed by atoms with Gasteiger partial charge >= 0.3 is 0 Å².